The highest BCUT2D eigenvalue weighted by Gasteiger charge is 2.75. The van der Waals surface area contributed by atoms with Gasteiger partial charge in [-0.05, 0) is 30.6 Å². The number of carbonyl (C=O) groups excluding carboxylic acids is 2. The summed E-state index contributed by atoms with van der Waals surface area (Å²) in [6.07, 6.45) is 2.47. The SMILES string of the molecule is CC(=O)OC1[C@H]2C[C@@H]3[C@H]4[C@@H](C[C@@H]13)[C@H](OC=O)[C@H]42. The van der Waals surface area contributed by atoms with Crippen LogP contribution in [0.4, 0.5) is 0 Å². The molecule has 2 bridgehead atoms. The Morgan fingerprint density at radius 2 is 1.76 bits per heavy atom. The minimum absolute atomic E-state index is 0.101. The molecule has 4 aliphatic carbocycles. The van der Waals surface area contributed by atoms with Gasteiger partial charge in [0.2, 0.25) is 0 Å². The number of rotatable bonds is 3. The van der Waals surface area contributed by atoms with Gasteiger partial charge < -0.3 is 9.47 Å². The van der Waals surface area contributed by atoms with Crippen LogP contribution in [-0.2, 0) is 19.1 Å². The van der Waals surface area contributed by atoms with E-state index in [1.807, 2.05) is 0 Å². The number of esters is 1. The van der Waals surface area contributed by atoms with E-state index in [1.54, 1.807) is 0 Å². The van der Waals surface area contributed by atoms with Crippen molar-refractivity contribution in [3.8, 4) is 0 Å². The van der Waals surface area contributed by atoms with E-state index in [9.17, 15) is 9.59 Å². The van der Waals surface area contributed by atoms with E-state index in [-0.39, 0.29) is 18.2 Å². The van der Waals surface area contributed by atoms with Crippen LogP contribution >= 0.6 is 0 Å². The molecule has 0 amide bonds. The molecular formula is C13H16O4. The van der Waals surface area contributed by atoms with Gasteiger partial charge in [-0.15, -0.1) is 0 Å². The average Bonchev–Trinajstić information content (AvgIpc) is 2.76. The fourth-order valence-electron chi connectivity index (χ4n) is 5.54. The van der Waals surface area contributed by atoms with Crippen LogP contribution in [0.15, 0.2) is 0 Å². The van der Waals surface area contributed by atoms with Gasteiger partial charge in [-0.1, -0.05) is 0 Å². The summed E-state index contributed by atoms with van der Waals surface area (Å²) in [6, 6.07) is 0. The van der Waals surface area contributed by atoms with Gasteiger partial charge in [0, 0.05) is 24.7 Å². The molecule has 8 atom stereocenters. The highest BCUT2D eigenvalue weighted by Crippen LogP contribution is 2.73. The lowest BCUT2D eigenvalue weighted by Crippen LogP contribution is -2.53. The van der Waals surface area contributed by atoms with Crippen LogP contribution in [0.2, 0.25) is 0 Å². The molecule has 92 valence electrons. The molecular weight excluding hydrogens is 220 g/mol. The van der Waals surface area contributed by atoms with Crippen LogP contribution in [0.5, 0.6) is 0 Å². The van der Waals surface area contributed by atoms with E-state index < -0.39 is 0 Å². The lowest BCUT2D eigenvalue weighted by atomic mass is 9.61. The zero-order valence-electron chi connectivity index (χ0n) is 9.74. The lowest BCUT2D eigenvalue weighted by molar-refractivity contribution is -0.172. The first-order valence-corrected chi connectivity index (χ1v) is 6.48. The largest absolute Gasteiger partial charge is 0.464 e. The third-order valence-electron chi connectivity index (χ3n) is 5.73. The standard InChI is InChI=1S/C13H16O4/c1-5(15)17-12-7-3-8-10-6(7)2-9(12)11(10)13(8)16-4-14/h4,6-13H,2-3H2,1H3/t6-,7+,8+,9-,10-,11-,12?,13-/m0/s1. The maximum atomic E-state index is 11.2. The summed E-state index contributed by atoms with van der Waals surface area (Å²) in [6.45, 7) is 2.08. The van der Waals surface area contributed by atoms with Crippen molar-refractivity contribution in [2.45, 2.75) is 32.0 Å². The molecule has 0 aromatic carbocycles. The normalized spacial score (nSPS) is 56.5. The van der Waals surface area contributed by atoms with Crippen LogP contribution in [0.25, 0.3) is 0 Å². The smallest absolute Gasteiger partial charge is 0.302 e. The van der Waals surface area contributed by atoms with E-state index in [4.69, 9.17) is 9.47 Å². The second kappa shape index (κ2) is 3.03. The van der Waals surface area contributed by atoms with Crippen molar-refractivity contribution in [1.29, 1.82) is 0 Å². The second-order valence-corrected chi connectivity index (χ2v) is 6.05. The summed E-state index contributed by atoms with van der Waals surface area (Å²) in [5.74, 6) is 3.31. The molecule has 4 aliphatic rings. The van der Waals surface area contributed by atoms with Gasteiger partial charge in [0.1, 0.15) is 12.2 Å². The van der Waals surface area contributed by atoms with Crippen molar-refractivity contribution in [3.05, 3.63) is 0 Å². The molecule has 0 spiro atoms. The molecule has 0 saturated heterocycles. The molecule has 4 rings (SSSR count). The fourth-order valence-corrected chi connectivity index (χ4v) is 5.54. The van der Waals surface area contributed by atoms with Gasteiger partial charge in [0.25, 0.3) is 6.47 Å². The third-order valence-corrected chi connectivity index (χ3v) is 5.73. The Morgan fingerprint density at radius 1 is 1.06 bits per heavy atom. The Labute approximate surface area is 99.6 Å². The molecule has 1 unspecified atom stereocenters. The molecule has 0 radical (unpaired) electrons. The third kappa shape index (κ3) is 1.00. The zero-order chi connectivity index (χ0) is 11.7. The van der Waals surface area contributed by atoms with Crippen molar-refractivity contribution in [1.82, 2.24) is 0 Å². The summed E-state index contributed by atoms with van der Waals surface area (Å²) >= 11 is 0. The Balaban J connectivity index is 1.62. The van der Waals surface area contributed by atoms with Gasteiger partial charge in [-0.2, -0.15) is 0 Å². The zero-order valence-corrected chi connectivity index (χ0v) is 9.74. The van der Waals surface area contributed by atoms with Gasteiger partial charge >= 0.3 is 5.97 Å². The number of carbonyl (C=O) groups is 2. The van der Waals surface area contributed by atoms with Gasteiger partial charge in [-0.25, -0.2) is 0 Å². The van der Waals surface area contributed by atoms with Gasteiger partial charge in [-0.3, -0.25) is 9.59 Å². The highest BCUT2D eigenvalue weighted by molar-refractivity contribution is 5.66. The van der Waals surface area contributed by atoms with Crippen molar-refractivity contribution in [3.63, 3.8) is 0 Å². The number of hydrogen-bond donors (Lipinski definition) is 0. The fraction of sp³-hybridized carbons (Fsp3) is 0.846. The minimum atomic E-state index is -0.170. The van der Waals surface area contributed by atoms with Crippen LogP contribution in [0.1, 0.15) is 19.8 Å². The summed E-state index contributed by atoms with van der Waals surface area (Å²) in [5.41, 5.74) is 0. The molecule has 4 fully saturated rings. The maximum Gasteiger partial charge on any atom is 0.302 e. The molecule has 4 nitrogen and oxygen atoms in total. The van der Waals surface area contributed by atoms with E-state index in [2.05, 4.69) is 0 Å². The first-order valence-electron chi connectivity index (χ1n) is 6.48. The van der Waals surface area contributed by atoms with E-state index in [0.717, 1.165) is 18.3 Å². The first kappa shape index (κ1) is 9.92. The molecule has 0 aliphatic heterocycles. The highest BCUT2D eigenvalue weighted by atomic mass is 16.5. The molecule has 0 aromatic heterocycles. The van der Waals surface area contributed by atoms with Crippen LogP contribution < -0.4 is 0 Å². The molecule has 0 N–H and O–H groups in total. The van der Waals surface area contributed by atoms with Crippen LogP contribution in [0.3, 0.4) is 0 Å². The van der Waals surface area contributed by atoms with Crippen molar-refractivity contribution < 1.29 is 19.1 Å². The average molecular weight is 236 g/mol. The predicted molar refractivity (Wildman–Crippen MR) is 56.7 cm³/mol. The van der Waals surface area contributed by atoms with Crippen LogP contribution in [0, 0.1) is 35.5 Å². The molecule has 17 heavy (non-hydrogen) atoms. The predicted octanol–water partition coefficient (Wildman–Crippen LogP) is 0.992. The maximum absolute atomic E-state index is 11.2. The Bertz CT molecular complexity index is 393. The topological polar surface area (TPSA) is 52.6 Å². The Hall–Kier alpha value is -1.06. The first-order chi connectivity index (χ1) is 8.22. The quantitative estimate of drug-likeness (QED) is 0.541. The lowest BCUT2D eigenvalue weighted by Gasteiger charge is -2.48. The van der Waals surface area contributed by atoms with Crippen molar-refractivity contribution in [2.24, 2.45) is 35.5 Å². The number of ether oxygens (including phenoxy) is 2. The van der Waals surface area contributed by atoms with Crippen molar-refractivity contribution in [2.75, 3.05) is 0 Å². The summed E-state index contributed by atoms with van der Waals surface area (Å²) < 4.78 is 10.8. The van der Waals surface area contributed by atoms with Gasteiger partial charge in [0.05, 0.1) is 0 Å². The molecule has 4 saturated carbocycles. The Morgan fingerprint density at radius 3 is 2.47 bits per heavy atom. The number of fused-ring (bicyclic) bond motifs is 2. The van der Waals surface area contributed by atoms with Crippen molar-refractivity contribution >= 4 is 12.4 Å². The molecule has 0 aromatic rings. The Kier molecular flexibility index (Phi) is 1.77. The van der Waals surface area contributed by atoms with E-state index in [0.29, 0.717) is 30.1 Å². The minimum Gasteiger partial charge on any atom is -0.464 e. The number of hydrogen-bond acceptors (Lipinski definition) is 4. The van der Waals surface area contributed by atoms with E-state index >= 15 is 0 Å². The summed E-state index contributed by atoms with van der Waals surface area (Å²) in [5, 5.41) is 0. The van der Waals surface area contributed by atoms with Gasteiger partial charge in [0.15, 0.2) is 0 Å². The monoisotopic (exact) mass is 236 g/mol. The summed E-state index contributed by atoms with van der Waals surface area (Å²) in [4.78, 5) is 21.7. The van der Waals surface area contributed by atoms with Crippen LogP contribution in [-0.4, -0.2) is 24.6 Å². The van der Waals surface area contributed by atoms with E-state index in [1.165, 1.54) is 13.3 Å². The molecule has 0 heterocycles. The summed E-state index contributed by atoms with van der Waals surface area (Å²) in [7, 11) is 0. The second-order valence-electron chi connectivity index (χ2n) is 6.05. The molecule has 4 heteroatoms.